The van der Waals surface area contributed by atoms with Crippen LogP contribution >= 0.6 is 0 Å². The maximum Gasteiger partial charge on any atom is 2.00 e. The Hall–Kier alpha value is -3.75. The first-order valence-electron chi connectivity index (χ1n) is 10.3. The molecule has 0 bridgehead atoms. The number of aromatic amines is 1. The Morgan fingerprint density at radius 2 is 1.66 bits per heavy atom. The second kappa shape index (κ2) is 10.0. The molecule has 0 radical (unpaired) electrons. The first kappa shape index (κ1) is 22.9. The fourth-order valence-corrected chi connectivity index (χ4v) is 3.84. The summed E-state index contributed by atoms with van der Waals surface area (Å²) in [4.78, 5) is 7.44. The van der Waals surface area contributed by atoms with Gasteiger partial charge >= 0.3 is 10.1 Å². The van der Waals surface area contributed by atoms with Gasteiger partial charge in [0.2, 0.25) is 5.52 Å². The van der Waals surface area contributed by atoms with Crippen molar-refractivity contribution < 1.29 is 15.2 Å². The summed E-state index contributed by atoms with van der Waals surface area (Å²) in [5.41, 5.74) is 3.63. The molecule has 5 aromatic rings. The topological polar surface area (TPSA) is 73.2 Å². The Kier molecular flexibility index (Phi) is 7.19. The van der Waals surface area contributed by atoms with Gasteiger partial charge in [0.25, 0.3) is 0 Å². The van der Waals surface area contributed by atoms with Gasteiger partial charge < -0.3 is 10.2 Å². The largest absolute Gasteiger partial charge is 2.00 e. The molecular formula is C27H23BeN2O2+. The molecule has 0 fully saturated rings. The molecule has 0 amide bonds. The third kappa shape index (κ3) is 4.32. The van der Waals surface area contributed by atoms with Crippen LogP contribution in [0.4, 0.5) is 0 Å². The molecule has 0 spiro atoms. The van der Waals surface area contributed by atoms with E-state index in [1.807, 2.05) is 54.7 Å². The van der Waals surface area contributed by atoms with Crippen molar-refractivity contribution >= 4 is 48.5 Å². The Morgan fingerprint density at radius 1 is 0.938 bits per heavy atom. The minimum atomic E-state index is 0. The van der Waals surface area contributed by atoms with Crippen LogP contribution in [0.3, 0.4) is 0 Å². The first-order valence-corrected chi connectivity index (χ1v) is 10.3. The molecule has 3 aromatic carbocycles. The molecule has 4 nitrogen and oxygen atoms in total. The van der Waals surface area contributed by atoms with Crippen LogP contribution in [0.5, 0.6) is 5.75 Å². The number of H-pyrrole nitrogens is 1. The summed E-state index contributed by atoms with van der Waals surface area (Å²) >= 11 is 0. The van der Waals surface area contributed by atoms with E-state index >= 15 is 0 Å². The van der Waals surface area contributed by atoms with Crippen LogP contribution in [0, 0.1) is 0 Å². The van der Waals surface area contributed by atoms with Crippen molar-refractivity contribution in [1.82, 2.24) is 4.98 Å². The zero-order chi connectivity index (χ0) is 21.8. The normalized spacial score (nSPS) is 11.1. The van der Waals surface area contributed by atoms with Crippen molar-refractivity contribution in [2.45, 2.75) is 20.3 Å². The summed E-state index contributed by atoms with van der Waals surface area (Å²) in [6.07, 6.45) is 6.06. The van der Waals surface area contributed by atoms with Crippen LogP contribution in [0.2, 0.25) is 0 Å². The first-order chi connectivity index (χ1) is 15.1. The van der Waals surface area contributed by atoms with Crippen LogP contribution in [0.1, 0.15) is 25.0 Å². The SMILES string of the molecule is C/C=C(/[O-])c1c(CC)ccc2ccc[nH+]c12.[Be+2].[O-]c1cccc2ccc3cccnc3c12. The molecule has 0 saturated carbocycles. The van der Waals surface area contributed by atoms with E-state index in [0.29, 0.717) is 0 Å². The van der Waals surface area contributed by atoms with Gasteiger partial charge in [0, 0.05) is 34.0 Å². The smallest absolute Gasteiger partial charge is 0.872 e. The standard InChI is InChI=1S/C14H15NO.C13H9NO.Be/c1-3-10-7-8-11-6-5-9-15-14(11)13(10)12(16)4-2;15-11-5-1-3-9-6-7-10-4-2-8-14-13(10)12(9)11;/h4-9,16H,3H2,1-2H3;1-8,15H;/q;;+2/p-1/b12-4+;;. The zero-order valence-corrected chi connectivity index (χ0v) is 18.3. The maximum atomic E-state index is 11.9. The molecule has 0 aliphatic rings. The molecule has 5 rings (SSSR count). The number of pyridine rings is 2. The van der Waals surface area contributed by atoms with Crippen molar-refractivity contribution in [1.29, 1.82) is 0 Å². The second-order valence-electron chi connectivity index (χ2n) is 7.24. The van der Waals surface area contributed by atoms with Crippen molar-refractivity contribution in [2.24, 2.45) is 0 Å². The number of aromatic nitrogens is 2. The van der Waals surface area contributed by atoms with Crippen LogP contribution in [-0.2, 0) is 6.42 Å². The zero-order valence-electron chi connectivity index (χ0n) is 18.3. The molecule has 0 unspecified atom stereocenters. The average Bonchev–Trinajstić information content (AvgIpc) is 2.83. The van der Waals surface area contributed by atoms with E-state index in [1.54, 1.807) is 31.3 Å². The third-order valence-corrected chi connectivity index (χ3v) is 5.39. The second-order valence-corrected chi connectivity index (χ2v) is 7.24. The van der Waals surface area contributed by atoms with E-state index in [-0.39, 0.29) is 21.6 Å². The third-order valence-electron chi connectivity index (χ3n) is 5.39. The Bertz CT molecular complexity index is 1410. The van der Waals surface area contributed by atoms with Crippen molar-refractivity contribution in [3.8, 4) is 5.75 Å². The molecule has 0 aliphatic carbocycles. The molecule has 0 atom stereocenters. The summed E-state index contributed by atoms with van der Waals surface area (Å²) in [7, 11) is 0. The van der Waals surface area contributed by atoms with Crippen LogP contribution in [0.15, 0.2) is 85.2 Å². The van der Waals surface area contributed by atoms with Crippen molar-refractivity contribution in [3.05, 3.63) is 96.3 Å². The molecule has 2 aromatic heterocycles. The number of hydrogen-bond donors (Lipinski definition) is 0. The van der Waals surface area contributed by atoms with E-state index in [9.17, 15) is 10.2 Å². The van der Waals surface area contributed by atoms with Gasteiger partial charge in [-0.15, -0.1) is 0 Å². The van der Waals surface area contributed by atoms with E-state index in [2.05, 4.69) is 23.0 Å². The summed E-state index contributed by atoms with van der Waals surface area (Å²) in [5, 5.41) is 27.4. The summed E-state index contributed by atoms with van der Waals surface area (Å²) in [6, 6.07) is 21.1. The number of nitrogens with zero attached hydrogens (tertiary/aromatic N) is 1. The Balaban J connectivity index is 0.000000175. The number of allylic oxidation sites excluding steroid dienone is 1. The fourth-order valence-electron chi connectivity index (χ4n) is 3.84. The summed E-state index contributed by atoms with van der Waals surface area (Å²) < 4.78 is 0. The molecule has 32 heavy (non-hydrogen) atoms. The van der Waals surface area contributed by atoms with Gasteiger partial charge in [-0.1, -0.05) is 67.0 Å². The van der Waals surface area contributed by atoms with E-state index in [4.69, 9.17) is 0 Å². The fraction of sp³-hybridized carbons (Fsp3) is 0.111. The predicted molar refractivity (Wildman–Crippen MR) is 128 cm³/mol. The molecule has 2 heterocycles. The quantitative estimate of drug-likeness (QED) is 0.248. The van der Waals surface area contributed by atoms with Gasteiger partial charge in [0.1, 0.15) is 0 Å². The van der Waals surface area contributed by atoms with Crippen LogP contribution in [0.25, 0.3) is 38.3 Å². The van der Waals surface area contributed by atoms with Crippen molar-refractivity contribution in [2.75, 3.05) is 0 Å². The summed E-state index contributed by atoms with van der Waals surface area (Å²) in [5.74, 6) is 0.127. The maximum absolute atomic E-state index is 11.9. The molecule has 1 N–H and O–H groups in total. The number of fused-ring (bicyclic) bond motifs is 4. The van der Waals surface area contributed by atoms with Gasteiger partial charge in [0.05, 0.1) is 5.52 Å². The van der Waals surface area contributed by atoms with Gasteiger partial charge in [-0.25, -0.2) is 4.98 Å². The predicted octanol–water partition coefficient (Wildman–Crippen LogP) is 4.02. The molecule has 0 saturated heterocycles. The number of aryl methyl sites for hydroxylation is 1. The monoisotopic (exact) mass is 416 g/mol. The van der Waals surface area contributed by atoms with Crippen LogP contribution in [-0.4, -0.2) is 15.1 Å². The minimum absolute atomic E-state index is 0. The van der Waals surface area contributed by atoms with Gasteiger partial charge in [0.15, 0.2) is 6.20 Å². The number of rotatable bonds is 2. The molecule has 0 aliphatic heterocycles. The number of benzene rings is 3. The average molecular weight is 417 g/mol. The van der Waals surface area contributed by atoms with E-state index in [0.717, 1.165) is 50.1 Å². The van der Waals surface area contributed by atoms with E-state index in [1.165, 1.54) is 0 Å². The number of nitrogens with one attached hydrogen (secondary N) is 1. The van der Waals surface area contributed by atoms with Crippen molar-refractivity contribution in [3.63, 3.8) is 0 Å². The molecule has 154 valence electrons. The number of hydrogen-bond acceptors (Lipinski definition) is 3. The minimum Gasteiger partial charge on any atom is -0.872 e. The van der Waals surface area contributed by atoms with Crippen LogP contribution < -0.4 is 15.2 Å². The Morgan fingerprint density at radius 3 is 2.44 bits per heavy atom. The van der Waals surface area contributed by atoms with E-state index < -0.39 is 0 Å². The van der Waals surface area contributed by atoms with Gasteiger partial charge in [-0.2, -0.15) is 0 Å². The van der Waals surface area contributed by atoms with Gasteiger partial charge in [-0.05, 0) is 42.5 Å². The summed E-state index contributed by atoms with van der Waals surface area (Å²) in [6.45, 7) is 3.85. The molecular weight excluding hydrogens is 393 g/mol. The Labute approximate surface area is 191 Å². The van der Waals surface area contributed by atoms with Gasteiger partial charge in [-0.3, -0.25) is 4.98 Å². The molecule has 5 heteroatoms.